The Morgan fingerprint density at radius 1 is 1.55 bits per heavy atom. The Hall–Kier alpha value is -1.04. The monoisotopic (exact) mass is 281 g/mol. The van der Waals surface area contributed by atoms with E-state index in [2.05, 4.69) is 22.1 Å². The van der Waals surface area contributed by atoms with Gasteiger partial charge in [0.2, 0.25) is 0 Å². The molecule has 20 heavy (non-hydrogen) atoms. The van der Waals surface area contributed by atoms with E-state index in [0.29, 0.717) is 12.6 Å². The van der Waals surface area contributed by atoms with Crippen molar-refractivity contribution in [2.24, 2.45) is 0 Å². The van der Waals surface area contributed by atoms with Crippen LogP contribution >= 0.6 is 0 Å². The average molecular weight is 281 g/mol. The van der Waals surface area contributed by atoms with E-state index >= 15 is 0 Å². The molecular formula is C15H24FN3O. The Morgan fingerprint density at radius 3 is 3.05 bits per heavy atom. The van der Waals surface area contributed by atoms with E-state index < -0.39 is 0 Å². The molecule has 112 valence electrons. The van der Waals surface area contributed by atoms with Crippen molar-refractivity contribution in [3.8, 4) is 0 Å². The van der Waals surface area contributed by atoms with Crippen LogP contribution in [-0.4, -0.2) is 49.3 Å². The third kappa shape index (κ3) is 4.23. The van der Waals surface area contributed by atoms with Crippen LogP contribution in [0.25, 0.3) is 0 Å². The first kappa shape index (κ1) is 15.4. The van der Waals surface area contributed by atoms with Crippen LogP contribution in [0.4, 0.5) is 4.39 Å². The molecule has 2 heterocycles. The molecule has 0 bridgehead atoms. The number of methoxy groups -OCH3 is 1. The number of nitrogens with one attached hydrogen (secondary N) is 1. The topological polar surface area (TPSA) is 37.4 Å². The number of nitrogens with zero attached hydrogens (tertiary/aromatic N) is 2. The van der Waals surface area contributed by atoms with Crippen molar-refractivity contribution < 1.29 is 9.13 Å². The van der Waals surface area contributed by atoms with E-state index in [0.717, 1.165) is 25.2 Å². The quantitative estimate of drug-likeness (QED) is 0.829. The maximum Gasteiger partial charge on any atom is 0.141 e. The standard InChI is InChI=1S/C15H24FN3O/c1-12(13-8-14(16)10-17-9-13)19(6-7-20-2)11-15-4-3-5-18-15/h8-10,12,15,18H,3-7,11H2,1-2H3. The van der Waals surface area contributed by atoms with Gasteiger partial charge in [0, 0.05) is 38.5 Å². The van der Waals surface area contributed by atoms with Gasteiger partial charge in [-0.05, 0) is 37.9 Å². The predicted molar refractivity (Wildman–Crippen MR) is 77.1 cm³/mol. The minimum absolute atomic E-state index is 0.135. The lowest BCUT2D eigenvalue weighted by atomic mass is 10.1. The molecule has 1 N–H and O–H groups in total. The number of hydrogen-bond donors (Lipinski definition) is 1. The van der Waals surface area contributed by atoms with Gasteiger partial charge in [-0.1, -0.05) is 0 Å². The number of rotatable bonds is 7. The summed E-state index contributed by atoms with van der Waals surface area (Å²) in [5.41, 5.74) is 0.916. The lowest BCUT2D eigenvalue weighted by Crippen LogP contribution is -2.40. The van der Waals surface area contributed by atoms with Gasteiger partial charge in [-0.2, -0.15) is 0 Å². The molecule has 0 saturated carbocycles. The Kier molecular flexibility index (Phi) is 5.88. The lowest BCUT2D eigenvalue weighted by Gasteiger charge is -2.31. The summed E-state index contributed by atoms with van der Waals surface area (Å²) < 4.78 is 18.5. The van der Waals surface area contributed by atoms with Crippen molar-refractivity contribution >= 4 is 0 Å². The van der Waals surface area contributed by atoms with Gasteiger partial charge in [-0.15, -0.1) is 0 Å². The van der Waals surface area contributed by atoms with Crippen LogP contribution in [0.3, 0.4) is 0 Å². The number of aromatic nitrogens is 1. The van der Waals surface area contributed by atoms with E-state index in [1.54, 1.807) is 19.4 Å². The van der Waals surface area contributed by atoms with Gasteiger partial charge in [-0.3, -0.25) is 9.88 Å². The molecule has 2 rings (SSSR count). The first-order valence-corrected chi connectivity index (χ1v) is 7.27. The second kappa shape index (κ2) is 7.67. The van der Waals surface area contributed by atoms with E-state index in [9.17, 15) is 4.39 Å². The van der Waals surface area contributed by atoms with Crippen molar-refractivity contribution in [1.82, 2.24) is 15.2 Å². The summed E-state index contributed by atoms with van der Waals surface area (Å²) in [6, 6.07) is 2.23. The summed E-state index contributed by atoms with van der Waals surface area (Å²) >= 11 is 0. The first-order chi connectivity index (χ1) is 9.70. The molecule has 1 fully saturated rings. The van der Waals surface area contributed by atoms with E-state index in [4.69, 9.17) is 4.74 Å². The second-order valence-corrected chi connectivity index (χ2v) is 5.39. The molecule has 0 spiro atoms. The first-order valence-electron chi connectivity index (χ1n) is 7.27. The second-order valence-electron chi connectivity index (χ2n) is 5.39. The Bertz CT molecular complexity index is 410. The van der Waals surface area contributed by atoms with E-state index in [1.807, 2.05) is 0 Å². The molecular weight excluding hydrogens is 257 g/mol. The molecule has 5 heteroatoms. The van der Waals surface area contributed by atoms with Gasteiger partial charge in [0.1, 0.15) is 5.82 Å². The minimum atomic E-state index is -0.278. The molecule has 2 atom stereocenters. The van der Waals surface area contributed by atoms with Crippen molar-refractivity contribution in [1.29, 1.82) is 0 Å². The van der Waals surface area contributed by atoms with Crippen molar-refractivity contribution in [3.63, 3.8) is 0 Å². The van der Waals surface area contributed by atoms with Crippen molar-refractivity contribution in [2.75, 3.05) is 33.4 Å². The van der Waals surface area contributed by atoms with Gasteiger partial charge >= 0.3 is 0 Å². The summed E-state index contributed by atoms with van der Waals surface area (Å²) in [4.78, 5) is 6.29. The molecule has 0 amide bonds. The molecule has 1 saturated heterocycles. The van der Waals surface area contributed by atoms with Gasteiger partial charge in [0.05, 0.1) is 12.8 Å². The Labute approximate surface area is 120 Å². The fourth-order valence-corrected chi connectivity index (χ4v) is 2.71. The van der Waals surface area contributed by atoms with Crippen LogP contribution in [0.1, 0.15) is 31.4 Å². The van der Waals surface area contributed by atoms with Crippen molar-refractivity contribution in [3.05, 3.63) is 29.8 Å². The fourth-order valence-electron chi connectivity index (χ4n) is 2.71. The average Bonchev–Trinajstić information content (AvgIpc) is 2.95. The summed E-state index contributed by atoms with van der Waals surface area (Å²) in [7, 11) is 1.71. The largest absolute Gasteiger partial charge is 0.383 e. The number of hydrogen-bond acceptors (Lipinski definition) is 4. The van der Waals surface area contributed by atoms with Crippen LogP contribution in [0.5, 0.6) is 0 Å². The molecule has 0 aliphatic carbocycles. The van der Waals surface area contributed by atoms with Crippen LogP contribution in [0.2, 0.25) is 0 Å². The highest BCUT2D eigenvalue weighted by Crippen LogP contribution is 2.21. The molecule has 0 radical (unpaired) electrons. The normalized spacial score (nSPS) is 20.5. The number of pyridine rings is 1. The smallest absolute Gasteiger partial charge is 0.141 e. The number of ether oxygens (including phenoxy) is 1. The Balaban J connectivity index is 2.03. The minimum Gasteiger partial charge on any atom is -0.383 e. The highest BCUT2D eigenvalue weighted by Gasteiger charge is 2.22. The number of halogens is 1. The van der Waals surface area contributed by atoms with Gasteiger partial charge < -0.3 is 10.1 Å². The van der Waals surface area contributed by atoms with Gasteiger partial charge in [0.25, 0.3) is 0 Å². The molecule has 1 aliphatic heterocycles. The van der Waals surface area contributed by atoms with Gasteiger partial charge in [0.15, 0.2) is 0 Å². The highest BCUT2D eigenvalue weighted by atomic mass is 19.1. The van der Waals surface area contributed by atoms with Crippen molar-refractivity contribution in [2.45, 2.75) is 31.8 Å². The zero-order valence-electron chi connectivity index (χ0n) is 12.3. The molecule has 1 aliphatic rings. The van der Waals surface area contributed by atoms with Crippen LogP contribution in [0.15, 0.2) is 18.5 Å². The van der Waals surface area contributed by atoms with Crippen LogP contribution in [0, 0.1) is 5.82 Å². The zero-order valence-corrected chi connectivity index (χ0v) is 12.3. The highest BCUT2D eigenvalue weighted by molar-refractivity contribution is 5.14. The lowest BCUT2D eigenvalue weighted by molar-refractivity contribution is 0.117. The predicted octanol–water partition coefficient (Wildman–Crippen LogP) is 1.98. The fraction of sp³-hybridized carbons (Fsp3) is 0.667. The summed E-state index contributed by atoms with van der Waals surface area (Å²) in [6.45, 7) is 5.67. The van der Waals surface area contributed by atoms with E-state index in [-0.39, 0.29) is 11.9 Å². The molecule has 2 unspecified atom stereocenters. The van der Waals surface area contributed by atoms with Crippen LogP contribution < -0.4 is 5.32 Å². The third-order valence-electron chi connectivity index (χ3n) is 3.96. The summed E-state index contributed by atoms with van der Waals surface area (Å²) in [5.74, 6) is -0.278. The maximum absolute atomic E-state index is 13.3. The van der Waals surface area contributed by atoms with E-state index in [1.165, 1.54) is 19.0 Å². The molecule has 4 nitrogen and oxygen atoms in total. The van der Waals surface area contributed by atoms with Gasteiger partial charge in [-0.25, -0.2) is 4.39 Å². The third-order valence-corrected chi connectivity index (χ3v) is 3.96. The maximum atomic E-state index is 13.3. The molecule has 1 aromatic rings. The summed E-state index contributed by atoms with van der Waals surface area (Å²) in [5, 5.41) is 3.51. The Morgan fingerprint density at radius 2 is 2.40 bits per heavy atom. The molecule has 0 aromatic carbocycles. The molecule has 1 aromatic heterocycles. The zero-order chi connectivity index (χ0) is 14.4. The SMILES string of the molecule is COCCN(CC1CCCN1)C(C)c1cncc(F)c1. The van der Waals surface area contributed by atoms with Crippen LogP contribution in [-0.2, 0) is 4.74 Å². The summed E-state index contributed by atoms with van der Waals surface area (Å²) in [6.07, 6.45) is 5.43.